The van der Waals surface area contributed by atoms with Crippen LogP contribution in [0.3, 0.4) is 0 Å². The zero-order valence-corrected chi connectivity index (χ0v) is 8.47. The Kier molecular flexibility index (Phi) is 3.31. The van der Waals surface area contributed by atoms with Crippen LogP contribution in [0.4, 0.5) is 0 Å². The molecule has 0 aliphatic carbocycles. The summed E-state index contributed by atoms with van der Waals surface area (Å²) in [5.74, 6) is -0.141. The monoisotopic (exact) mass is 185 g/mol. The lowest BCUT2D eigenvalue weighted by molar-refractivity contribution is -0.148. The second-order valence-electron chi connectivity index (χ2n) is 4.61. The van der Waals surface area contributed by atoms with E-state index in [-0.39, 0.29) is 0 Å². The summed E-state index contributed by atoms with van der Waals surface area (Å²) in [4.78, 5) is 10.9. The van der Waals surface area contributed by atoms with E-state index < -0.39 is 11.4 Å². The molecule has 0 saturated carbocycles. The van der Waals surface area contributed by atoms with E-state index in [9.17, 15) is 4.79 Å². The first-order chi connectivity index (χ1) is 6.02. The summed E-state index contributed by atoms with van der Waals surface area (Å²) in [7, 11) is 0. The van der Waals surface area contributed by atoms with Crippen molar-refractivity contribution >= 4 is 5.97 Å². The zero-order valence-electron chi connectivity index (χ0n) is 8.47. The molecule has 1 rings (SSSR count). The minimum atomic E-state index is -0.682. The van der Waals surface area contributed by atoms with Crippen molar-refractivity contribution in [1.82, 2.24) is 5.32 Å². The SMILES string of the molecule is CC(C)(CC1CCCNC1)C(=O)O. The van der Waals surface area contributed by atoms with Crippen molar-refractivity contribution < 1.29 is 9.90 Å². The maximum Gasteiger partial charge on any atom is 0.309 e. The molecule has 0 aromatic carbocycles. The number of hydrogen-bond donors (Lipinski definition) is 2. The molecule has 1 saturated heterocycles. The number of carboxylic acid groups (broad SMARTS) is 1. The minimum absolute atomic E-state index is 0.542. The van der Waals surface area contributed by atoms with Gasteiger partial charge in [-0.1, -0.05) is 0 Å². The van der Waals surface area contributed by atoms with Crippen molar-refractivity contribution in [3.8, 4) is 0 Å². The molecule has 1 aliphatic rings. The third-order valence-electron chi connectivity index (χ3n) is 2.78. The fourth-order valence-electron chi connectivity index (χ4n) is 1.91. The van der Waals surface area contributed by atoms with E-state index in [0.29, 0.717) is 5.92 Å². The van der Waals surface area contributed by atoms with E-state index in [0.717, 1.165) is 19.5 Å². The Morgan fingerprint density at radius 2 is 2.31 bits per heavy atom. The lowest BCUT2D eigenvalue weighted by Crippen LogP contribution is -2.35. The molecule has 1 aliphatic heterocycles. The summed E-state index contributed by atoms with van der Waals surface area (Å²) in [6, 6.07) is 0. The van der Waals surface area contributed by atoms with Crippen molar-refractivity contribution in [1.29, 1.82) is 0 Å². The van der Waals surface area contributed by atoms with Gasteiger partial charge >= 0.3 is 5.97 Å². The third-order valence-corrected chi connectivity index (χ3v) is 2.78. The smallest absolute Gasteiger partial charge is 0.309 e. The zero-order chi connectivity index (χ0) is 9.90. The molecule has 0 aromatic heterocycles. The van der Waals surface area contributed by atoms with E-state index in [1.54, 1.807) is 0 Å². The molecule has 0 spiro atoms. The van der Waals surface area contributed by atoms with E-state index in [1.807, 2.05) is 13.8 Å². The fourth-order valence-corrected chi connectivity index (χ4v) is 1.91. The molecule has 0 radical (unpaired) electrons. The lowest BCUT2D eigenvalue weighted by atomic mass is 9.80. The molecular weight excluding hydrogens is 166 g/mol. The standard InChI is InChI=1S/C10H19NO2/c1-10(2,9(12)13)6-8-4-3-5-11-7-8/h8,11H,3-7H2,1-2H3,(H,12,13). The van der Waals surface area contributed by atoms with E-state index in [4.69, 9.17) is 5.11 Å². The van der Waals surface area contributed by atoms with Crippen molar-refractivity contribution in [2.24, 2.45) is 11.3 Å². The Hall–Kier alpha value is -0.570. The van der Waals surface area contributed by atoms with Gasteiger partial charge in [-0.25, -0.2) is 0 Å². The van der Waals surface area contributed by atoms with Crippen LogP contribution in [0, 0.1) is 11.3 Å². The molecular formula is C10H19NO2. The van der Waals surface area contributed by atoms with Gasteiger partial charge < -0.3 is 10.4 Å². The van der Waals surface area contributed by atoms with Gasteiger partial charge in [0.25, 0.3) is 0 Å². The number of carboxylic acids is 1. The second-order valence-corrected chi connectivity index (χ2v) is 4.61. The van der Waals surface area contributed by atoms with Gasteiger partial charge in [-0.3, -0.25) is 4.79 Å². The summed E-state index contributed by atoms with van der Waals surface area (Å²) in [6.07, 6.45) is 3.14. The molecule has 1 atom stereocenters. The molecule has 0 bridgehead atoms. The highest BCUT2D eigenvalue weighted by atomic mass is 16.4. The van der Waals surface area contributed by atoms with Gasteiger partial charge in [-0.15, -0.1) is 0 Å². The van der Waals surface area contributed by atoms with Crippen LogP contribution in [-0.2, 0) is 4.79 Å². The number of rotatable bonds is 3. The van der Waals surface area contributed by atoms with Crippen LogP contribution < -0.4 is 5.32 Å². The maximum absolute atomic E-state index is 10.9. The fraction of sp³-hybridized carbons (Fsp3) is 0.900. The number of piperidine rings is 1. The number of aliphatic carboxylic acids is 1. The van der Waals surface area contributed by atoms with Crippen molar-refractivity contribution in [2.75, 3.05) is 13.1 Å². The average Bonchev–Trinajstić information content (AvgIpc) is 2.05. The summed E-state index contributed by atoms with van der Waals surface area (Å²) in [5, 5.41) is 12.3. The van der Waals surface area contributed by atoms with E-state index in [1.165, 1.54) is 12.8 Å². The summed E-state index contributed by atoms with van der Waals surface area (Å²) in [5.41, 5.74) is -0.566. The van der Waals surface area contributed by atoms with Crippen molar-refractivity contribution in [3.63, 3.8) is 0 Å². The quantitative estimate of drug-likeness (QED) is 0.700. The van der Waals surface area contributed by atoms with E-state index >= 15 is 0 Å². The second kappa shape index (κ2) is 4.09. The van der Waals surface area contributed by atoms with Gasteiger partial charge in [0.2, 0.25) is 0 Å². The largest absolute Gasteiger partial charge is 0.481 e. The molecule has 0 amide bonds. The Balaban J connectivity index is 2.41. The number of carbonyl (C=O) groups is 1. The molecule has 76 valence electrons. The van der Waals surface area contributed by atoms with Crippen LogP contribution >= 0.6 is 0 Å². The molecule has 2 N–H and O–H groups in total. The molecule has 1 heterocycles. The predicted molar refractivity (Wildman–Crippen MR) is 51.6 cm³/mol. The molecule has 0 aromatic rings. The van der Waals surface area contributed by atoms with Gasteiger partial charge in [0.1, 0.15) is 0 Å². The Morgan fingerprint density at radius 3 is 2.77 bits per heavy atom. The first kappa shape index (κ1) is 10.5. The highest BCUT2D eigenvalue weighted by Crippen LogP contribution is 2.28. The predicted octanol–water partition coefficient (Wildman–Crippen LogP) is 1.49. The van der Waals surface area contributed by atoms with Crippen LogP contribution in [0.25, 0.3) is 0 Å². The number of hydrogen-bond acceptors (Lipinski definition) is 2. The average molecular weight is 185 g/mol. The molecule has 1 fully saturated rings. The number of nitrogens with one attached hydrogen (secondary N) is 1. The van der Waals surface area contributed by atoms with Gasteiger partial charge in [0.15, 0.2) is 0 Å². The first-order valence-corrected chi connectivity index (χ1v) is 4.96. The Bertz CT molecular complexity index is 183. The van der Waals surface area contributed by atoms with Crippen molar-refractivity contribution in [2.45, 2.75) is 33.1 Å². The summed E-state index contributed by atoms with van der Waals surface area (Å²) < 4.78 is 0. The Labute approximate surface area is 79.5 Å². The van der Waals surface area contributed by atoms with E-state index in [2.05, 4.69) is 5.32 Å². The molecule has 3 nitrogen and oxygen atoms in total. The molecule has 1 unspecified atom stereocenters. The van der Waals surface area contributed by atoms with Gasteiger partial charge in [0.05, 0.1) is 5.41 Å². The molecule has 13 heavy (non-hydrogen) atoms. The highest BCUT2D eigenvalue weighted by molar-refractivity contribution is 5.73. The minimum Gasteiger partial charge on any atom is -0.481 e. The van der Waals surface area contributed by atoms with Crippen LogP contribution in [-0.4, -0.2) is 24.2 Å². The van der Waals surface area contributed by atoms with Crippen LogP contribution in [0.15, 0.2) is 0 Å². The maximum atomic E-state index is 10.9. The normalized spacial score (nSPS) is 24.3. The first-order valence-electron chi connectivity index (χ1n) is 4.96. The van der Waals surface area contributed by atoms with Crippen LogP contribution in [0.2, 0.25) is 0 Å². The highest BCUT2D eigenvalue weighted by Gasteiger charge is 2.30. The lowest BCUT2D eigenvalue weighted by Gasteiger charge is -2.29. The topological polar surface area (TPSA) is 49.3 Å². The van der Waals surface area contributed by atoms with Gasteiger partial charge in [-0.05, 0) is 52.1 Å². The molecule has 3 heteroatoms. The van der Waals surface area contributed by atoms with Gasteiger partial charge in [0, 0.05) is 0 Å². The van der Waals surface area contributed by atoms with Crippen molar-refractivity contribution in [3.05, 3.63) is 0 Å². The Morgan fingerprint density at radius 1 is 1.62 bits per heavy atom. The van der Waals surface area contributed by atoms with Crippen LogP contribution in [0.5, 0.6) is 0 Å². The third kappa shape index (κ3) is 2.99. The summed E-state index contributed by atoms with van der Waals surface area (Å²) >= 11 is 0. The van der Waals surface area contributed by atoms with Crippen LogP contribution in [0.1, 0.15) is 33.1 Å². The summed E-state index contributed by atoms with van der Waals surface area (Å²) in [6.45, 7) is 5.69. The van der Waals surface area contributed by atoms with Gasteiger partial charge in [-0.2, -0.15) is 0 Å².